The van der Waals surface area contributed by atoms with Gasteiger partial charge in [-0.05, 0) is 31.5 Å². The molecule has 0 aromatic heterocycles. The van der Waals surface area contributed by atoms with E-state index >= 15 is 0 Å². The molecule has 1 unspecified atom stereocenters. The second kappa shape index (κ2) is 4.93. The largest absolute Gasteiger partial charge is 0.436 e. The molecule has 1 amide bonds. The van der Waals surface area contributed by atoms with Gasteiger partial charge in [0.2, 0.25) is 6.29 Å². The first-order chi connectivity index (χ1) is 11.1. The van der Waals surface area contributed by atoms with E-state index in [1.54, 1.807) is 9.96 Å². The predicted octanol–water partition coefficient (Wildman–Crippen LogP) is 3.43. The van der Waals surface area contributed by atoms with Crippen LogP contribution >= 0.6 is 0 Å². The number of aliphatic imine (C=N–C) groups is 1. The highest BCUT2D eigenvalue weighted by Crippen LogP contribution is 2.39. The molecular weight excluding hydrogens is 290 g/mol. The third-order valence-corrected chi connectivity index (χ3v) is 4.27. The first-order valence-corrected chi connectivity index (χ1v) is 7.58. The molecule has 5 heteroatoms. The maximum Gasteiger partial charge on any atom is 0.436 e. The van der Waals surface area contributed by atoms with Crippen molar-refractivity contribution >= 4 is 17.5 Å². The van der Waals surface area contributed by atoms with Crippen molar-refractivity contribution in [2.75, 3.05) is 4.90 Å². The number of carbonyl (C=O) groups excluding carboxylic acids is 1. The van der Waals surface area contributed by atoms with Crippen molar-refractivity contribution in [2.24, 2.45) is 4.99 Å². The molecule has 2 aliphatic heterocycles. The van der Waals surface area contributed by atoms with E-state index in [2.05, 4.69) is 0 Å². The van der Waals surface area contributed by atoms with Crippen molar-refractivity contribution in [3.63, 3.8) is 0 Å². The first-order valence-electron chi connectivity index (χ1n) is 7.58. The Morgan fingerprint density at radius 1 is 1.00 bits per heavy atom. The molecule has 1 atom stereocenters. The molecule has 2 aromatic carbocycles. The summed E-state index contributed by atoms with van der Waals surface area (Å²) in [5.74, 6) is 0. The van der Waals surface area contributed by atoms with Crippen molar-refractivity contribution in [1.82, 2.24) is 5.06 Å². The van der Waals surface area contributed by atoms with Gasteiger partial charge in [-0.2, -0.15) is 0 Å². The van der Waals surface area contributed by atoms with E-state index in [-0.39, 0.29) is 0 Å². The number of rotatable bonds is 2. The van der Waals surface area contributed by atoms with Crippen LogP contribution in [-0.4, -0.2) is 28.7 Å². The molecule has 0 bridgehead atoms. The van der Waals surface area contributed by atoms with Gasteiger partial charge in [-0.1, -0.05) is 53.6 Å². The minimum atomic E-state index is -0.495. The van der Waals surface area contributed by atoms with Gasteiger partial charge in [-0.25, -0.2) is 14.7 Å². The molecule has 0 saturated carbocycles. The minimum absolute atomic E-state index is 0.398. The number of anilines is 1. The highest BCUT2D eigenvalue weighted by Gasteiger charge is 2.55. The van der Waals surface area contributed by atoms with Crippen molar-refractivity contribution in [1.29, 1.82) is 0 Å². The van der Waals surface area contributed by atoms with E-state index < -0.39 is 17.9 Å². The van der Waals surface area contributed by atoms with Crippen LogP contribution in [0.25, 0.3) is 0 Å². The highest BCUT2D eigenvalue weighted by molar-refractivity contribution is 6.09. The molecule has 2 heterocycles. The zero-order chi connectivity index (χ0) is 16.0. The van der Waals surface area contributed by atoms with Crippen molar-refractivity contribution in [3.8, 4) is 0 Å². The standard InChI is InChI=1S/C18H17N3O2/c1-18(2)15(13-9-5-3-6-10-13)19-16-20(17(22)23-21(16)18)14-11-7-4-8-12-14/h3-12,16H,1-2H3. The van der Waals surface area contributed by atoms with E-state index in [0.29, 0.717) is 0 Å². The number of fused-ring (bicyclic) bond motifs is 1. The molecule has 2 aromatic rings. The third-order valence-electron chi connectivity index (χ3n) is 4.27. The summed E-state index contributed by atoms with van der Waals surface area (Å²) >= 11 is 0. The zero-order valence-corrected chi connectivity index (χ0v) is 13.0. The summed E-state index contributed by atoms with van der Waals surface area (Å²) in [6.07, 6.45) is -0.875. The molecular formula is C18H17N3O2. The summed E-state index contributed by atoms with van der Waals surface area (Å²) in [5.41, 5.74) is 2.23. The first kappa shape index (κ1) is 14.0. The van der Waals surface area contributed by atoms with Crippen LogP contribution in [-0.2, 0) is 4.84 Å². The smallest absolute Gasteiger partial charge is 0.346 e. The Balaban J connectivity index is 1.79. The Labute approximate surface area is 134 Å². The molecule has 0 radical (unpaired) electrons. The summed E-state index contributed by atoms with van der Waals surface area (Å²) in [7, 11) is 0. The Hall–Kier alpha value is -2.66. The fourth-order valence-corrected chi connectivity index (χ4v) is 3.12. The van der Waals surface area contributed by atoms with E-state index in [1.165, 1.54) is 0 Å². The van der Waals surface area contributed by atoms with Crippen LogP contribution in [0, 0.1) is 0 Å². The lowest BCUT2D eigenvalue weighted by atomic mass is 9.93. The van der Waals surface area contributed by atoms with E-state index in [1.807, 2.05) is 74.5 Å². The van der Waals surface area contributed by atoms with Gasteiger partial charge < -0.3 is 4.84 Å². The number of amides is 1. The number of nitrogens with zero attached hydrogens (tertiary/aromatic N) is 3. The maximum absolute atomic E-state index is 12.3. The molecule has 0 aliphatic carbocycles. The van der Waals surface area contributed by atoms with E-state index in [0.717, 1.165) is 17.0 Å². The number of benzene rings is 2. The Morgan fingerprint density at radius 3 is 2.26 bits per heavy atom. The van der Waals surface area contributed by atoms with Gasteiger partial charge in [0, 0.05) is 0 Å². The number of para-hydroxylation sites is 1. The number of hydroxylamine groups is 2. The Morgan fingerprint density at radius 2 is 1.61 bits per heavy atom. The molecule has 2 aliphatic rings. The summed E-state index contributed by atoms with van der Waals surface area (Å²) in [5, 5.41) is 1.67. The highest BCUT2D eigenvalue weighted by atomic mass is 16.8. The third kappa shape index (κ3) is 2.04. The van der Waals surface area contributed by atoms with Gasteiger partial charge >= 0.3 is 6.09 Å². The summed E-state index contributed by atoms with van der Waals surface area (Å²) < 4.78 is 0. The zero-order valence-electron chi connectivity index (χ0n) is 13.0. The van der Waals surface area contributed by atoms with Gasteiger partial charge in [-0.15, -0.1) is 0 Å². The van der Waals surface area contributed by atoms with E-state index in [9.17, 15) is 4.79 Å². The van der Waals surface area contributed by atoms with Crippen LogP contribution in [0.3, 0.4) is 0 Å². The molecule has 1 saturated heterocycles. The Kier molecular flexibility index (Phi) is 2.99. The fraction of sp³-hybridized carbons (Fsp3) is 0.222. The van der Waals surface area contributed by atoms with Gasteiger partial charge in [0.15, 0.2) is 0 Å². The summed E-state index contributed by atoms with van der Waals surface area (Å²) in [6.45, 7) is 4.03. The van der Waals surface area contributed by atoms with Crippen LogP contribution in [0.1, 0.15) is 19.4 Å². The average Bonchev–Trinajstić information content (AvgIpc) is 3.02. The summed E-state index contributed by atoms with van der Waals surface area (Å²) in [6, 6.07) is 19.5. The van der Waals surface area contributed by atoms with Gasteiger partial charge in [0.25, 0.3) is 0 Å². The van der Waals surface area contributed by atoms with Crippen molar-refractivity contribution in [2.45, 2.75) is 25.7 Å². The number of hydrogen-bond acceptors (Lipinski definition) is 4. The lowest BCUT2D eigenvalue weighted by molar-refractivity contribution is -0.122. The summed E-state index contributed by atoms with van der Waals surface area (Å²) in [4.78, 5) is 24.2. The fourth-order valence-electron chi connectivity index (χ4n) is 3.12. The normalized spacial score (nSPS) is 22.7. The molecule has 1 fully saturated rings. The van der Waals surface area contributed by atoms with E-state index in [4.69, 9.17) is 9.83 Å². The van der Waals surface area contributed by atoms with Crippen LogP contribution in [0.4, 0.5) is 10.5 Å². The Bertz CT molecular complexity index is 771. The molecule has 116 valence electrons. The number of hydrogen-bond donors (Lipinski definition) is 0. The maximum atomic E-state index is 12.3. The molecule has 23 heavy (non-hydrogen) atoms. The van der Waals surface area contributed by atoms with Gasteiger partial charge in [0.1, 0.15) is 0 Å². The van der Waals surface area contributed by atoms with Crippen LogP contribution in [0.15, 0.2) is 65.7 Å². The topological polar surface area (TPSA) is 45.1 Å². The molecule has 0 N–H and O–H groups in total. The molecule has 4 rings (SSSR count). The van der Waals surface area contributed by atoms with Gasteiger partial charge in [0.05, 0.1) is 16.9 Å². The van der Waals surface area contributed by atoms with Gasteiger partial charge in [-0.3, -0.25) is 0 Å². The van der Waals surface area contributed by atoms with Crippen LogP contribution in [0.5, 0.6) is 0 Å². The predicted molar refractivity (Wildman–Crippen MR) is 88.1 cm³/mol. The second-order valence-corrected chi connectivity index (χ2v) is 6.14. The quantitative estimate of drug-likeness (QED) is 0.854. The number of carbonyl (C=O) groups is 1. The van der Waals surface area contributed by atoms with Crippen molar-refractivity contribution in [3.05, 3.63) is 66.2 Å². The van der Waals surface area contributed by atoms with Crippen LogP contribution < -0.4 is 4.90 Å². The lowest BCUT2D eigenvalue weighted by Crippen LogP contribution is -2.47. The SMILES string of the molecule is CC1(C)C(c2ccccc2)=NC2N(c3ccccc3)C(=O)ON21. The monoisotopic (exact) mass is 307 g/mol. The molecule has 5 nitrogen and oxygen atoms in total. The minimum Gasteiger partial charge on any atom is -0.346 e. The van der Waals surface area contributed by atoms with Crippen molar-refractivity contribution < 1.29 is 9.63 Å². The average molecular weight is 307 g/mol. The second-order valence-electron chi connectivity index (χ2n) is 6.14. The molecule has 0 spiro atoms. The lowest BCUT2D eigenvalue weighted by Gasteiger charge is -2.28. The van der Waals surface area contributed by atoms with Crippen LogP contribution in [0.2, 0.25) is 0 Å².